The predicted octanol–water partition coefficient (Wildman–Crippen LogP) is 4.10. The fourth-order valence-electron chi connectivity index (χ4n) is 3.64. The average molecular weight is 389 g/mol. The first kappa shape index (κ1) is 19.3. The Bertz CT molecular complexity index is 998. The molecule has 1 aliphatic heterocycles. The van der Waals surface area contributed by atoms with E-state index in [1.807, 2.05) is 37.3 Å². The van der Waals surface area contributed by atoms with Crippen LogP contribution in [-0.2, 0) is 0 Å². The van der Waals surface area contributed by atoms with E-state index in [2.05, 4.69) is 64.2 Å². The lowest BCUT2D eigenvalue weighted by atomic mass is 10.1. The van der Waals surface area contributed by atoms with E-state index in [-0.39, 0.29) is 5.91 Å². The van der Waals surface area contributed by atoms with Crippen molar-refractivity contribution >= 4 is 17.3 Å². The monoisotopic (exact) mass is 388 g/mol. The molecule has 29 heavy (non-hydrogen) atoms. The van der Waals surface area contributed by atoms with Gasteiger partial charge in [0.2, 0.25) is 0 Å². The molecule has 2 heterocycles. The van der Waals surface area contributed by atoms with Gasteiger partial charge in [-0.3, -0.25) is 4.79 Å². The molecule has 0 spiro atoms. The Morgan fingerprint density at radius 3 is 2.21 bits per heavy atom. The van der Waals surface area contributed by atoms with Gasteiger partial charge in [0.25, 0.3) is 5.91 Å². The average Bonchev–Trinajstić information content (AvgIpc) is 3.15. The zero-order valence-corrected chi connectivity index (χ0v) is 17.4. The molecule has 4 rings (SSSR count). The van der Waals surface area contributed by atoms with Crippen molar-refractivity contribution in [1.29, 1.82) is 0 Å². The molecule has 0 aliphatic carbocycles. The molecule has 1 fully saturated rings. The van der Waals surface area contributed by atoms with E-state index in [1.54, 1.807) is 0 Å². The van der Waals surface area contributed by atoms with Crippen LogP contribution in [0.5, 0.6) is 0 Å². The molecule has 5 heteroatoms. The lowest BCUT2D eigenvalue weighted by Gasteiger charge is -2.34. The van der Waals surface area contributed by atoms with Gasteiger partial charge in [0.15, 0.2) is 0 Å². The normalized spacial score (nSPS) is 14.8. The summed E-state index contributed by atoms with van der Waals surface area (Å²) in [6.07, 6.45) is 4.17. The van der Waals surface area contributed by atoms with Gasteiger partial charge in [0.05, 0.1) is 0 Å². The van der Waals surface area contributed by atoms with E-state index in [9.17, 15) is 4.79 Å². The summed E-state index contributed by atoms with van der Waals surface area (Å²) in [5.74, 6) is -0.0878. The first-order valence-corrected chi connectivity index (χ1v) is 10.1. The first-order valence-electron chi connectivity index (χ1n) is 10.1. The summed E-state index contributed by atoms with van der Waals surface area (Å²) in [6, 6.07) is 16.1. The van der Waals surface area contributed by atoms with Crippen molar-refractivity contribution in [3.63, 3.8) is 0 Å². The number of aryl methyl sites for hydroxylation is 2. The third-order valence-corrected chi connectivity index (χ3v) is 5.48. The lowest BCUT2D eigenvalue weighted by molar-refractivity contribution is 0.102. The third-order valence-electron chi connectivity index (χ3n) is 5.48. The van der Waals surface area contributed by atoms with Crippen LogP contribution < -0.4 is 10.2 Å². The van der Waals surface area contributed by atoms with Gasteiger partial charge < -0.3 is 19.7 Å². The van der Waals surface area contributed by atoms with E-state index in [0.717, 1.165) is 48.8 Å². The lowest BCUT2D eigenvalue weighted by Crippen LogP contribution is -2.44. The van der Waals surface area contributed by atoms with Crippen molar-refractivity contribution < 1.29 is 4.79 Å². The second kappa shape index (κ2) is 8.13. The van der Waals surface area contributed by atoms with Crippen LogP contribution in [0.1, 0.15) is 21.5 Å². The van der Waals surface area contributed by atoms with Gasteiger partial charge in [-0.15, -0.1) is 0 Å². The van der Waals surface area contributed by atoms with Crippen LogP contribution in [0.4, 0.5) is 11.4 Å². The molecule has 0 atom stereocenters. The van der Waals surface area contributed by atoms with Crippen molar-refractivity contribution in [3.05, 3.63) is 77.6 Å². The molecule has 0 radical (unpaired) electrons. The highest BCUT2D eigenvalue weighted by atomic mass is 16.1. The summed E-state index contributed by atoms with van der Waals surface area (Å²) >= 11 is 0. The van der Waals surface area contributed by atoms with Gasteiger partial charge in [0.1, 0.15) is 0 Å². The highest BCUT2D eigenvalue weighted by molar-refractivity contribution is 6.04. The second-order valence-electron chi connectivity index (χ2n) is 7.94. The Kier molecular flexibility index (Phi) is 5.41. The molecule has 0 saturated carbocycles. The molecule has 5 nitrogen and oxygen atoms in total. The number of aromatic nitrogens is 1. The Labute approximate surface area is 172 Å². The molecular formula is C24H28N4O. The molecule has 1 aromatic heterocycles. The SMILES string of the molecule is Cc1ccc(C(=O)Nc2cc(N3CCN(C)CC3)cc(-n3ccc(C)c3)c2)cc1. The largest absolute Gasteiger partial charge is 0.369 e. The molecule has 150 valence electrons. The summed E-state index contributed by atoms with van der Waals surface area (Å²) in [7, 11) is 2.16. The van der Waals surface area contributed by atoms with Gasteiger partial charge in [0, 0.05) is 61.2 Å². The van der Waals surface area contributed by atoms with E-state index in [1.165, 1.54) is 5.56 Å². The minimum atomic E-state index is -0.0878. The first-order chi connectivity index (χ1) is 14.0. The van der Waals surface area contributed by atoms with Crippen LogP contribution in [0.15, 0.2) is 60.9 Å². The minimum Gasteiger partial charge on any atom is -0.369 e. The number of hydrogen-bond donors (Lipinski definition) is 1. The number of nitrogens with zero attached hydrogens (tertiary/aromatic N) is 3. The van der Waals surface area contributed by atoms with E-state index in [4.69, 9.17) is 0 Å². The minimum absolute atomic E-state index is 0.0878. The molecule has 1 aliphatic rings. The number of piperazine rings is 1. The summed E-state index contributed by atoms with van der Waals surface area (Å²) in [4.78, 5) is 17.5. The van der Waals surface area contributed by atoms with Gasteiger partial charge >= 0.3 is 0 Å². The summed E-state index contributed by atoms with van der Waals surface area (Å²) in [5.41, 5.74) is 6.02. The maximum atomic E-state index is 12.8. The van der Waals surface area contributed by atoms with Crippen molar-refractivity contribution in [2.45, 2.75) is 13.8 Å². The fraction of sp³-hybridized carbons (Fsp3) is 0.292. The van der Waals surface area contributed by atoms with E-state index >= 15 is 0 Å². The van der Waals surface area contributed by atoms with Crippen LogP contribution >= 0.6 is 0 Å². The van der Waals surface area contributed by atoms with Gasteiger partial charge in [-0.1, -0.05) is 17.7 Å². The molecule has 2 aromatic carbocycles. The van der Waals surface area contributed by atoms with Crippen LogP contribution in [0.3, 0.4) is 0 Å². The smallest absolute Gasteiger partial charge is 0.255 e. The number of amides is 1. The number of nitrogens with one attached hydrogen (secondary N) is 1. The summed E-state index contributed by atoms with van der Waals surface area (Å²) < 4.78 is 2.11. The second-order valence-corrected chi connectivity index (χ2v) is 7.94. The summed E-state index contributed by atoms with van der Waals surface area (Å²) in [5, 5.41) is 3.09. The Balaban J connectivity index is 1.65. The van der Waals surface area contributed by atoms with Crippen molar-refractivity contribution in [2.75, 3.05) is 43.4 Å². The molecule has 3 aromatic rings. The highest BCUT2D eigenvalue weighted by Crippen LogP contribution is 2.27. The number of likely N-dealkylation sites (N-methyl/N-ethyl adjacent to an activating group) is 1. The fourth-order valence-corrected chi connectivity index (χ4v) is 3.64. The van der Waals surface area contributed by atoms with Crippen molar-refractivity contribution in [3.8, 4) is 5.69 Å². The number of carbonyl (C=O) groups excluding carboxylic acids is 1. The Morgan fingerprint density at radius 1 is 0.862 bits per heavy atom. The zero-order valence-electron chi connectivity index (χ0n) is 17.4. The van der Waals surface area contributed by atoms with Gasteiger partial charge in [-0.05, 0) is 62.9 Å². The number of rotatable bonds is 4. The molecule has 0 bridgehead atoms. The maximum Gasteiger partial charge on any atom is 0.255 e. The van der Waals surface area contributed by atoms with Crippen LogP contribution in [-0.4, -0.2) is 48.6 Å². The van der Waals surface area contributed by atoms with E-state index < -0.39 is 0 Å². The molecule has 1 N–H and O–H groups in total. The van der Waals surface area contributed by atoms with E-state index in [0.29, 0.717) is 5.56 Å². The third kappa shape index (κ3) is 4.51. The van der Waals surface area contributed by atoms with Crippen molar-refractivity contribution in [1.82, 2.24) is 9.47 Å². The predicted molar refractivity (Wildman–Crippen MR) is 119 cm³/mol. The Hall–Kier alpha value is -3.05. The molecule has 1 saturated heterocycles. The number of carbonyl (C=O) groups is 1. The van der Waals surface area contributed by atoms with Crippen LogP contribution in [0, 0.1) is 13.8 Å². The molecular weight excluding hydrogens is 360 g/mol. The number of hydrogen-bond acceptors (Lipinski definition) is 3. The summed E-state index contributed by atoms with van der Waals surface area (Å²) in [6.45, 7) is 8.15. The Morgan fingerprint density at radius 2 is 1.55 bits per heavy atom. The van der Waals surface area contributed by atoms with Crippen LogP contribution in [0.25, 0.3) is 5.69 Å². The molecule has 1 amide bonds. The molecule has 0 unspecified atom stereocenters. The zero-order chi connectivity index (χ0) is 20.4. The standard InChI is InChI=1S/C24H28N4O/c1-18-4-6-20(7-5-18)24(29)25-21-14-22(27-12-10-26(3)11-13-27)16-23(15-21)28-9-8-19(2)17-28/h4-9,14-17H,10-13H2,1-3H3,(H,25,29). The van der Waals surface area contributed by atoms with Crippen molar-refractivity contribution in [2.24, 2.45) is 0 Å². The topological polar surface area (TPSA) is 40.5 Å². The maximum absolute atomic E-state index is 12.8. The quantitative estimate of drug-likeness (QED) is 0.732. The number of anilines is 2. The van der Waals surface area contributed by atoms with Gasteiger partial charge in [-0.25, -0.2) is 0 Å². The van der Waals surface area contributed by atoms with Gasteiger partial charge in [-0.2, -0.15) is 0 Å². The van der Waals surface area contributed by atoms with Crippen LogP contribution in [0.2, 0.25) is 0 Å². The number of benzene rings is 2. The highest BCUT2D eigenvalue weighted by Gasteiger charge is 2.17.